The van der Waals surface area contributed by atoms with Crippen molar-refractivity contribution in [2.45, 2.75) is 11.8 Å². The molecular weight excluding hydrogens is 344 g/mol. The number of anilines is 1. The Balaban J connectivity index is 2.17. The Morgan fingerprint density at radius 1 is 1.20 bits per heavy atom. The maximum Gasteiger partial charge on any atom is 0.261 e. The fourth-order valence-corrected chi connectivity index (χ4v) is 2.81. The zero-order valence-electron chi connectivity index (χ0n) is 10.7. The van der Waals surface area contributed by atoms with Gasteiger partial charge in [-0.3, -0.25) is 4.72 Å². The standard InChI is InChI=1S/C13H13BrN2O3S/c1-2-19-13-8-5-11(9-15-13)16-20(17,18)12-6-3-10(14)4-7-12/h3-9,16H,2H2,1H3. The summed E-state index contributed by atoms with van der Waals surface area (Å²) in [5.41, 5.74) is 0.386. The van der Waals surface area contributed by atoms with Crippen LogP contribution in [0.1, 0.15) is 6.92 Å². The number of nitrogens with zero attached hydrogens (tertiary/aromatic N) is 1. The first-order valence-electron chi connectivity index (χ1n) is 5.88. The molecule has 0 aliphatic carbocycles. The molecule has 1 aromatic heterocycles. The Morgan fingerprint density at radius 3 is 2.45 bits per heavy atom. The van der Waals surface area contributed by atoms with Gasteiger partial charge in [-0.1, -0.05) is 15.9 Å². The molecule has 0 radical (unpaired) electrons. The molecule has 1 aromatic carbocycles. The number of ether oxygens (including phenoxy) is 1. The van der Waals surface area contributed by atoms with Crippen LogP contribution in [0.4, 0.5) is 5.69 Å². The van der Waals surface area contributed by atoms with Crippen LogP contribution in [0.5, 0.6) is 5.88 Å². The van der Waals surface area contributed by atoms with Crippen LogP contribution in [0.15, 0.2) is 52.0 Å². The van der Waals surface area contributed by atoms with Gasteiger partial charge in [0.05, 0.1) is 23.4 Å². The largest absolute Gasteiger partial charge is 0.478 e. The maximum atomic E-state index is 12.1. The van der Waals surface area contributed by atoms with Crippen molar-refractivity contribution in [2.75, 3.05) is 11.3 Å². The van der Waals surface area contributed by atoms with E-state index in [-0.39, 0.29) is 4.90 Å². The maximum absolute atomic E-state index is 12.1. The van der Waals surface area contributed by atoms with Gasteiger partial charge in [0.2, 0.25) is 5.88 Å². The molecule has 0 saturated heterocycles. The van der Waals surface area contributed by atoms with Gasteiger partial charge in [-0.25, -0.2) is 13.4 Å². The van der Waals surface area contributed by atoms with E-state index in [0.29, 0.717) is 18.2 Å². The lowest BCUT2D eigenvalue weighted by molar-refractivity contribution is 0.327. The van der Waals surface area contributed by atoms with E-state index < -0.39 is 10.0 Å². The number of benzene rings is 1. The van der Waals surface area contributed by atoms with E-state index in [1.165, 1.54) is 18.3 Å². The topological polar surface area (TPSA) is 68.3 Å². The van der Waals surface area contributed by atoms with Gasteiger partial charge in [-0.15, -0.1) is 0 Å². The van der Waals surface area contributed by atoms with Crippen molar-refractivity contribution in [3.05, 3.63) is 47.1 Å². The zero-order valence-corrected chi connectivity index (χ0v) is 13.1. The second kappa shape index (κ2) is 6.23. The molecule has 0 atom stereocenters. The minimum atomic E-state index is -3.61. The van der Waals surface area contributed by atoms with Crippen LogP contribution in [-0.4, -0.2) is 20.0 Å². The van der Waals surface area contributed by atoms with Gasteiger partial charge in [-0.05, 0) is 37.3 Å². The van der Waals surface area contributed by atoms with E-state index >= 15 is 0 Å². The monoisotopic (exact) mass is 356 g/mol. The van der Waals surface area contributed by atoms with Gasteiger partial charge in [0.1, 0.15) is 0 Å². The van der Waals surface area contributed by atoms with Crippen molar-refractivity contribution >= 4 is 31.6 Å². The number of rotatable bonds is 5. The first-order chi connectivity index (χ1) is 9.51. The summed E-state index contributed by atoms with van der Waals surface area (Å²) in [6.07, 6.45) is 1.42. The Morgan fingerprint density at radius 2 is 1.90 bits per heavy atom. The first kappa shape index (κ1) is 14.8. The van der Waals surface area contributed by atoms with Gasteiger partial charge in [-0.2, -0.15) is 0 Å². The average molecular weight is 357 g/mol. The molecule has 7 heteroatoms. The summed E-state index contributed by atoms with van der Waals surface area (Å²) in [6, 6.07) is 9.61. The minimum absolute atomic E-state index is 0.189. The van der Waals surface area contributed by atoms with E-state index in [2.05, 4.69) is 25.6 Å². The fraction of sp³-hybridized carbons (Fsp3) is 0.154. The molecular formula is C13H13BrN2O3S. The van der Waals surface area contributed by atoms with Crippen molar-refractivity contribution in [3.63, 3.8) is 0 Å². The molecule has 0 amide bonds. The SMILES string of the molecule is CCOc1ccc(NS(=O)(=O)c2ccc(Br)cc2)cn1. The third-order valence-electron chi connectivity index (χ3n) is 2.40. The number of pyridine rings is 1. The van der Waals surface area contributed by atoms with E-state index in [1.54, 1.807) is 24.3 Å². The van der Waals surface area contributed by atoms with E-state index in [9.17, 15) is 8.42 Å². The van der Waals surface area contributed by atoms with Crippen LogP contribution in [0.2, 0.25) is 0 Å². The van der Waals surface area contributed by atoms with Crippen molar-refractivity contribution in [2.24, 2.45) is 0 Å². The molecule has 2 rings (SSSR count). The second-order valence-electron chi connectivity index (χ2n) is 3.88. The quantitative estimate of drug-likeness (QED) is 0.893. The molecule has 1 heterocycles. The lowest BCUT2D eigenvalue weighted by atomic mass is 10.4. The highest BCUT2D eigenvalue weighted by Gasteiger charge is 2.14. The van der Waals surface area contributed by atoms with Gasteiger partial charge in [0.15, 0.2) is 0 Å². The van der Waals surface area contributed by atoms with Crippen LogP contribution in [-0.2, 0) is 10.0 Å². The zero-order chi connectivity index (χ0) is 14.6. The second-order valence-corrected chi connectivity index (χ2v) is 6.48. The molecule has 0 aliphatic rings. The number of sulfonamides is 1. The van der Waals surface area contributed by atoms with E-state index in [4.69, 9.17) is 4.74 Å². The summed E-state index contributed by atoms with van der Waals surface area (Å²) in [7, 11) is -3.61. The molecule has 0 spiro atoms. The van der Waals surface area contributed by atoms with Crippen molar-refractivity contribution < 1.29 is 13.2 Å². The first-order valence-corrected chi connectivity index (χ1v) is 8.16. The van der Waals surface area contributed by atoms with Crippen molar-refractivity contribution in [1.82, 2.24) is 4.98 Å². The Labute approximate surface area is 126 Å². The molecule has 2 aromatic rings. The summed E-state index contributed by atoms with van der Waals surface area (Å²) < 4.78 is 32.8. The van der Waals surface area contributed by atoms with Crippen molar-refractivity contribution in [3.8, 4) is 5.88 Å². The number of hydrogen-bond acceptors (Lipinski definition) is 4. The average Bonchev–Trinajstić information content (AvgIpc) is 2.41. The molecule has 5 nitrogen and oxygen atoms in total. The van der Waals surface area contributed by atoms with E-state index in [1.807, 2.05) is 6.92 Å². The highest BCUT2D eigenvalue weighted by Crippen LogP contribution is 2.19. The minimum Gasteiger partial charge on any atom is -0.478 e. The molecule has 0 bridgehead atoms. The highest BCUT2D eigenvalue weighted by atomic mass is 79.9. The molecule has 1 N–H and O–H groups in total. The third kappa shape index (κ3) is 3.71. The number of halogens is 1. The van der Waals surface area contributed by atoms with Crippen LogP contribution in [0, 0.1) is 0 Å². The summed E-state index contributed by atoms with van der Waals surface area (Å²) in [5.74, 6) is 0.457. The van der Waals surface area contributed by atoms with Crippen LogP contribution >= 0.6 is 15.9 Å². The van der Waals surface area contributed by atoms with Gasteiger partial charge < -0.3 is 4.74 Å². The molecule has 0 aliphatic heterocycles. The summed E-state index contributed by atoms with van der Waals surface area (Å²) in [5, 5.41) is 0. The van der Waals surface area contributed by atoms with Gasteiger partial charge in [0.25, 0.3) is 10.0 Å². The molecule has 0 fully saturated rings. The molecule has 20 heavy (non-hydrogen) atoms. The third-order valence-corrected chi connectivity index (χ3v) is 4.33. The van der Waals surface area contributed by atoms with Crippen molar-refractivity contribution in [1.29, 1.82) is 0 Å². The fourth-order valence-electron chi connectivity index (χ4n) is 1.50. The lowest BCUT2D eigenvalue weighted by Crippen LogP contribution is -2.13. The lowest BCUT2D eigenvalue weighted by Gasteiger charge is -2.08. The number of aromatic nitrogens is 1. The molecule has 106 valence electrons. The molecule has 0 saturated carbocycles. The smallest absolute Gasteiger partial charge is 0.261 e. The predicted octanol–water partition coefficient (Wildman–Crippen LogP) is 3.04. The predicted molar refractivity (Wildman–Crippen MR) is 80.4 cm³/mol. The van der Waals surface area contributed by atoms with E-state index in [0.717, 1.165) is 4.47 Å². The Kier molecular flexibility index (Phi) is 4.61. The summed E-state index contributed by atoms with van der Waals surface area (Å²) >= 11 is 3.26. The number of nitrogens with one attached hydrogen (secondary N) is 1. The summed E-state index contributed by atoms with van der Waals surface area (Å²) in [6.45, 7) is 2.36. The summed E-state index contributed by atoms with van der Waals surface area (Å²) in [4.78, 5) is 4.19. The van der Waals surface area contributed by atoms with Gasteiger partial charge in [0, 0.05) is 10.5 Å². The highest BCUT2D eigenvalue weighted by molar-refractivity contribution is 9.10. The Hall–Kier alpha value is -1.60. The van der Waals surface area contributed by atoms with Crippen LogP contribution in [0.3, 0.4) is 0 Å². The van der Waals surface area contributed by atoms with Crippen LogP contribution in [0.25, 0.3) is 0 Å². The normalized spacial score (nSPS) is 11.1. The van der Waals surface area contributed by atoms with Gasteiger partial charge >= 0.3 is 0 Å². The molecule has 0 unspecified atom stereocenters. The number of hydrogen-bond donors (Lipinski definition) is 1. The van der Waals surface area contributed by atoms with Crippen LogP contribution < -0.4 is 9.46 Å². The Bertz CT molecular complexity index is 670.